The van der Waals surface area contributed by atoms with Gasteiger partial charge in [-0.25, -0.2) is 0 Å². The van der Waals surface area contributed by atoms with Crippen molar-refractivity contribution in [1.82, 2.24) is 20.4 Å². The fourth-order valence-electron chi connectivity index (χ4n) is 2.91. The molecule has 0 aliphatic carbocycles. The average Bonchev–Trinajstić information content (AvgIpc) is 3.09. The van der Waals surface area contributed by atoms with Gasteiger partial charge in [0.2, 0.25) is 0 Å². The summed E-state index contributed by atoms with van der Waals surface area (Å²) in [6.07, 6.45) is 0.815. The lowest BCUT2D eigenvalue weighted by Crippen LogP contribution is -2.42. The minimum atomic E-state index is -0.600. The van der Waals surface area contributed by atoms with Crippen LogP contribution >= 0.6 is 0 Å². The molecule has 1 aliphatic rings. The van der Waals surface area contributed by atoms with Crippen molar-refractivity contribution in [3.63, 3.8) is 0 Å². The van der Waals surface area contributed by atoms with Gasteiger partial charge in [-0.1, -0.05) is 30.3 Å². The lowest BCUT2D eigenvalue weighted by molar-refractivity contribution is 0.0261. The molecule has 1 aliphatic heterocycles. The molecule has 2 heterocycles. The van der Waals surface area contributed by atoms with E-state index < -0.39 is 5.60 Å². The first kappa shape index (κ1) is 14.3. The van der Waals surface area contributed by atoms with Gasteiger partial charge in [-0.3, -0.25) is 10.00 Å². The van der Waals surface area contributed by atoms with Crippen molar-refractivity contribution in [1.29, 1.82) is 0 Å². The van der Waals surface area contributed by atoms with Gasteiger partial charge in [0.05, 0.1) is 11.3 Å². The number of rotatable bonds is 5. The SMILES string of the molecule is CN(Cc1cc(-c2ccccc2)n[nH]1)CC1(O)CCNC1. The summed E-state index contributed by atoms with van der Waals surface area (Å²) in [6.45, 7) is 2.99. The number of aromatic nitrogens is 2. The van der Waals surface area contributed by atoms with E-state index in [1.54, 1.807) is 0 Å². The van der Waals surface area contributed by atoms with Crippen LogP contribution in [0.1, 0.15) is 12.1 Å². The van der Waals surface area contributed by atoms with Gasteiger partial charge in [0, 0.05) is 30.9 Å². The molecular formula is C16H22N4O. The van der Waals surface area contributed by atoms with E-state index in [0.717, 1.165) is 36.5 Å². The highest BCUT2D eigenvalue weighted by atomic mass is 16.3. The van der Waals surface area contributed by atoms with E-state index in [9.17, 15) is 5.11 Å². The number of likely N-dealkylation sites (N-methyl/N-ethyl adjacent to an activating group) is 1. The molecule has 1 aromatic carbocycles. The summed E-state index contributed by atoms with van der Waals surface area (Å²) in [5, 5.41) is 21.0. The molecule has 1 unspecified atom stereocenters. The maximum absolute atomic E-state index is 10.4. The lowest BCUT2D eigenvalue weighted by atomic mass is 10.0. The van der Waals surface area contributed by atoms with Crippen LogP contribution in [0.25, 0.3) is 11.3 Å². The van der Waals surface area contributed by atoms with Crippen LogP contribution in [-0.4, -0.2) is 52.5 Å². The van der Waals surface area contributed by atoms with Crippen molar-refractivity contribution in [3.05, 3.63) is 42.1 Å². The Balaban J connectivity index is 1.62. The third-order valence-corrected chi connectivity index (χ3v) is 3.93. The van der Waals surface area contributed by atoms with Gasteiger partial charge in [-0.2, -0.15) is 5.10 Å². The van der Waals surface area contributed by atoms with Gasteiger partial charge >= 0.3 is 0 Å². The van der Waals surface area contributed by atoms with Crippen LogP contribution in [0.15, 0.2) is 36.4 Å². The Morgan fingerprint density at radius 2 is 2.14 bits per heavy atom. The maximum atomic E-state index is 10.4. The topological polar surface area (TPSA) is 64.2 Å². The molecule has 3 rings (SSSR count). The summed E-state index contributed by atoms with van der Waals surface area (Å²) in [5.41, 5.74) is 2.53. The third-order valence-electron chi connectivity index (χ3n) is 3.93. The van der Waals surface area contributed by atoms with Crippen LogP contribution in [0.5, 0.6) is 0 Å². The predicted octanol–water partition coefficient (Wildman–Crippen LogP) is 1.23. The molecule has 1 fully saturated rings. The van der Waals surface area contributed by atoms with E-state index in [1.165, 1.54) is 0 Å². The molecule has 112 valence electrons. The van der Waals surface area contributed by atoms with Crippen LogP contribution in [0.4, 0.5) is 0 Å². The second kappa shape index (κ2) is 5.97. The highest BCUT2D eigenvalue weighted by Crippen LogP contribution is 2.19. The Morgan fingerprint density at radius 3 is 2.86 bits per heavy atom. The molecule has 0 radical (unpaired) electrons. The highest BCUT2D eigenvalue weighted by Gasteiger charge is 2.32. The van der Waals surface area contributed by atoms with Crippen molar-refractivity contribution >= 4 is 0 Å². The van der Waals surface area contributed by atoms with E-state index in [-0.39, 0.29) is 0 Å². The minimum absolute atomic E-state index is 0.600. The van der Waals surface area contributed by atoms with Crippen molar-refractivity contribution in [2.24, 2.45) is 0 Å². The number of nitrogens with one attached hydrogen (secondary N) is 2. The Bertz CT molecular complexity index is 575. The molecule has 1 aromatic heterocycles. The fraction of sp³-hybridized carbons (Fsp3) is 0.438. The van der Waals surface area contributed by atoms with E-state index in [2.05, 4.69) is 38.6 Å². The Morgan fingerprint density at radius 1 is 1.33 bits per heavy atom. The number of H-pyrrole nitrogens is 1. The lowest BCUT2D eigenvalue weighted by Gasteiger charge is -2.27. The maximum Gasteiger partial charge on any atom is 0.0924 e. The zero-order chi connectivity index (χ0) is 14.7. The standard InChI is InChI=1S/C16H22N4O/c1-20(12-16(21)7-8-17-11-16)10-14-9-15(19-18-14)13-5-3-2-4-6-13/h2-6,9,17,21H,7-8,10-12H2,1H3,(H,18,19). The van der Waals surface area contributed by atoms with Gasteiger partial charge in [0.15, 0.2) is 0 Å². The quantitative estimate of drug-likeness (QED) is 0.773. The second-order valence-corrected chi connectivity index (χ2v) is 5.97. The smallest absolute Gasteiger partial charge is 0.0924 e. The van der Waals surface area contributed by atoms with Gasteiger partial charge in [-0.05, 0) is 26.1 Å². The summed E-state index contributed by atoms with van der Waals surface area (Å²) in [5.74, 6) is 0. The number of aliphatic hydroxyl groups is 1. The first-order chi connectivity index (χ1) is 10.1. The summed E-state index contributed by atoms with van der Waals surface area (Å²) >= 11 is 0. The Kier molecular flexibility index (Phi) is 4.05. The van der Waals surface area contributed by atoms with E-state index in [1.807, 2.05) is 25.2 Å². The summed E-state index contributed by atoms with van der Waals surface area (Å²) in [6, 6.07) is 12.2. The molecule has 0 spiro atoms. The highest BCUT2D eigenvalue weighted by molar-refractivity contribution is 5.58. The molecule has 5 nitrogen and oxygen atoms in total. The Hall–Kier alpha value is -1.69. The molecule has 0 bridgehead atoms. The minimum Gasteiger partial charge on any atom is -0.387 e. The van der Waals surface area contributed by atoms with Gasteiger partial charge in [0.1, 0.15) is 0 Å². The van der Waals surface area contributed by atoms with Crippen molar-refractivity contribution < 1.29 is 5.11 Å². The van der Waals surface area contributed by atoms with Crippen molar-refractivity contribution in [2.75, 3.05) is 26.7 Å². The molecule has 1 saturated heterocycles. The molecular weight excluding hydrogens is 264 g/mol. The number of benzene rings is 1. The monoisotopic (exact) mass is 286 g/mol. The normalized spacial score (nSPS) is 22.0. The number of hydrogen-bond acceptors (Lipinski definition) is 4. The van der Waals surface area contributed by atoms with E-state index >= 15 is 0 Å². The van der Waals surface area contributed by atoms with Crippen LogP contribution < -0.4 is 5.32 Å². The second-order valence-electron chi connectivity index (χ2n) is 5.97. The van der Waals surface area contributed by atoms with Crippen LogP contribution in [-0.2, 0) is 6.54 Å². The third kappa shape index (κ3) is 3.50. The van der Waals surface area contributed by atoms with E-state index in [0.29, 0.717) is 13.1 Å². The molecule has 0 saturated carbocycles. The zero-order valence-electron chi connectivity index (χ0n) is 12.3. The summed E-state index contributed by atoms with van der Waals surface area (Å²) < 4.78 is 0. The number of aromatic amines is 1. The molecule has 3 N–H and O–H groups in total. The fourth-order valence-corrected chi connectivity index (χ4v) is 2.91. The van der Waals surface area contributed by atoms with Crippen molar-refractivity contribution in [3.8, 4) is 11.3 Å². The molecule has 0 amide bonds. The summed E-state index contributed by atoms with van der Waals surface area (Å²) in [7, 11) is 2.03. The predicted molar refractivity (Wildman–Crippen MR) is 82.8 cm³/mol. The van der Waals surface area contributed by atoms with Crippen molar-refractivity contribution in [2.45, 2.75) is 18.6 Å². The van der Waals surface area contributed by atoms with Gasteiger partial charge in [0.25, 0.3) is 0 Å². The van der Waals surface area contributed by atoms with Crippen LogP contribution in [0, 0.1) is 0 Å². The average molecular weight is 286 g/mol. The van der Waals surface area contributed by atoms with Gasteiger partial charge in [-0.15, -0.1) is 0 Å². The first-order valence-electron chi connectivity index (χ1n) is 7.36. The van der Waals surface area contributed by atoms with Crippen LogP contribution in [0.2, 0.25) is 0 Å². The molecule has 2 aromatic rings. The summed E-state index contributed by atoms with van der Waals surface area (Å²) in [4.78, 5) is 2.13. The van der Waals surface area contributed by atoms with E-state index in [4.69, 9.17) is 0 Å². The number of nitrogens with zero attached hydrogens (tertiary/aromatic N) is 2. The molecule has 1 atom stereocenters. The number of β-amino-alcohol motifs (C(OH)–C–C–N with tert-alkyl or cyclic N) is 1. The zero-order valence-corrected chi connectivity index (χ0v) is 12.3. The number of hydrogen-bond donors (Lipinski definition) is 3. The first-order valence-corrected chi connectivity index (χ1v) is 7.36. The molecule has 5 heteroatoms. The Labute approximate surface area is 125 Å². The molecule has 21 heavy (non-hydrogen) atoms. The van der Waals surface area contributed by atoms with Gasteiger partial charge < -0.3 is 10.4 Å². The largest absolute Gasteiger partial charge is 0.387 e. The van der Waals surface area contributed by atoms with Crippen LogP contribution in [0.3, 0.4) is 0 Å².